The van der Waals surface area contributed by atoms with Crippen molar-refractivity contribution in [2.24, 2.45) is 0 Å². The Morgan fingerprint density at radius 1 is 0.962 bits per heavy atom. The third-order valence-electron chi connectivity index (χ3n) is 4.23. The van der Waals surface area contributed by atoms with E-state index in [1.165, 1.54) is 19.2 Å². The molecule has 0 saturated heterocycles. The number of amides is 1. The van der Waals surface area contributed by atoms with E-state index in [1.807, 2.05) is 12.1 Å². The zero-order chi connectivity index (χ0) is 19.6. The van der Waals surface area contributed by atoms with Crippen LogP contribution in [0.1, 0.15) is 47.8 Å². The number of phenols is 2. The number of benzene rings is 2. The summed E-state index contributed by atoms with van der Waals surface area (Å²) >= 11 is 0. The lowest BCUT2D eigenvalue weighted by atomic mass is 9.86. The molecule has 3 N–H and O–H groups in total. The van der Waals surface area contributed by atoms with E-state index in [0.29, 0.717) is 5.56 Å². The molecular formula is C20H23NO5. The number of nitrogens with zero attached hydrogens (tertiary/aromatic N) is 1. The lowest BCUT2D eigenvalue weighted by Crippen LogP contribution is -2.24. The molecule has 0 aliphatic carbocycles. The van der Waals surface area contributed by atoms with Crippen LogP contribution in [0, 0.1) is 0 Å². The number of rotatable bonds is 4. The summed E-state index contributed by atoms with van der Waals surface area (Å²) in [6, 6.07) is 9.92. The number of ketones is 1. The number of aromatic hydroxyl groups is 2. The molecule has 0 bridgehead atoms. The molecule has 0 fully saturated rings. The van der Waals surface area contributed by atoms with Gasteiger partial charge < -0.3 is 20.2 Å². The van der Waals surface area contributed by atoms with E-state index in [1.54, 1.807) is 12.1 Å². The quantitative estimate of drug-likeness (QED) is 0.572. The summed E-state index contributed by atoms with van der Waals surface area (Å²) < 4.78 is 0. The Morgan fingerprint density at radius 3 is 2.04 bits per heavy atom. The van der Waals surface area contributed by atoms with Crippen LogP contribution in [0.5, 0.6) is 11.5 Å². The number of carbonyl (C=O) groups is 2. The highest BCUT2D eigenvalue weighted by Crippen LogP contribution is 2.35. The Bertz CT molecular complexity index is 835. The highest BCUT2D eigenvalue weighted by Gasteiger charge is 2.21. The standard InChI is InChI=1S/C20H23NO5/c1-20(2,3)14-8-5-12(6-9-14)16(22)15-10-7-13(17(23)18(15)24)11-21(4)19(25)26/h5-10,23-24H,11H2,1-4H3,(H,25,26). The van der Waals surface area contributed by atoms with E-state index in [0.717, 1.165) is 10.5 Å². The van der Waals surface area contributed by atoms with Crippen LogP contribution in [0.2, 0.25) is 0 Å². The molecule has 6 nitrogen and oxygen atoms in total. The number of phenolic OH excluding ortho intramolecular Hbond substituents is 2. The van der Waals surface area contributed by atoms with Crippen molar-refractivity contribution in [1.82, 2.24) is 4.90 Å². The summed E-state index contributed by atoms with van der Waals surface area (Å²) in [6.45, 7) is 6.10. The minimum atomic E-state index is -1.16. The molecule has 0 spiro atoms. The fourth-order valence-corrected chi connectivity index (χ4v) is 2.53. The second kappa shape index (κ2) is 7.07. The Hall–Kier alpha value is -3.02. The summed E-state index contributed by atoms with van der Waals surface area (Å²) in [7, 11) is 1.34. The molecule has 0 atom stereocenters. The van der Waals surface area contributed by atoms with Crippen LogP contribution in [0.25, 0.3) is 0 Å². The molecule has 0 heterocycles. The minimum Gasteiger partial charge on any atom is -0.504 e. The van der Waals surface area contributed by atoms with Crippen LogP contribution in [-0.4, -0.2) is 39.1 Å². The molecular weight excluding hydrogens is 334 g/mol. The van der Waals surface area contributed by atoms with Gasteiger partial charge in [0, 0.05) is 18.2 Å². The molecule has 1 amide bonds. The number of hydrogen-bond donors (Lipinski definition) is 3. The molecule has 6 heteroatoms. The highest BCUT2D eigenvalue weighted by molar-refractivity contribution is 6.11. The van der Waals surface area contributed by atoms with Gasteiger partial charge in [-0.15, -0.1) is 0 Å². The second-order valence-corrected chi connectivity index (χ2v) is 7.26. The number of hydrogen-bond acceptors (Lipinski definition) is 4. The van der Waals surface area contributed by atoms with Gasteiger partial charge in [0.05, 0.1) is 12.1 Å². The van der Waals surface area contributed by atoms with Crippen LogP contribution < -0.4 is 0 Å². The van der Waals surface area contributed by atoms with Gasteiger partial charge in [0.25, 0.3) is 0 Å². The predicted octanol–water partition coefficient (Wildman–Crippen LogP) is 3.74. The first-order valence-corrected chi connectivity index (χ1v) is 8.15. The fourth-order valence-electron chi connectivity index (χ4n) is 2.53. The summed E-state index contributed by atoms with van der Waals surface area (Å²) in [5.41, 5.74) is 1.61. The van der Waals surface area contributed by atoms with Crippen LogP contribution in [0.15, 0.2) is 36.4 Å². The summed E-state index contributed by atoms with van der Waals surface area (Å²) in [5, 5.41) is 29.2. The van der Waals surface area contributed by atoms with Gasteiger partial charge in [0.1, 0.15) is 0 Å². The molecule has 0 unspecified atom stereocenters. The van der Waals surface area contributed by atoms with Crippen LogP contribution in [0.3, 0.4) is 0 Å². The first kappa shape index (κ1) is 19.3. The second-order valence-electron chi connectivity index (χ2n) is 7.26. The van der Waals surface area contributed by atoms with Crippen LogP contribution >= 0.6 is 0 Å². The first-order chi connectivity index (χ1) is 12.0. The summed E-state index contributed by atoms with van der Waals surface area (Å²) in [4.78, 5) is 24.5. The van der Waals surface area contributed by atoms with Crippen molar-refractivity contribution < 1.29 is 24.9 Å². The van der Waals surface area contributed by atoms with Gasteiger partial charge in [-0.2, -0.15) is 0 Å². The van der Waals surface area contributed by atoms with Gasteiger partial charge in [-0.05, 0) is 17.0 Å². The molecule has 0 radical (unpaired) electrons. The van der Waals surface area contributed by atoms with Gasteiger partial charge in [-0.25, -0.2) is 4.79 Å². The van der Waals surface area contributed by atoms with E-state index in [2.05, 4.69) is 20.8 Å². The van der Waals surface area contributed by atoms with Crippen molar-refractivity contribution >= 4 is 11.9 Å². The molecule has 2 rings (SSSR count). The SMILES string of the molecule is CN(Cc1ccc(C(=O)c2ccc(C(C)(C)C)cc2)c(O)c1O)C(=O)O. The van der Waals surface area contributed by atoms with Crippen LogP contribution in [0.4, 0.5) is 4.79 Å². The summed E-state index contributed by atoms with van der Waals surface area (Å²) in [6.07, 6.45) is -1.16. The molecule has 0 aliphatic rings. The molecule has 138 valence electrons. The minimum absolute atomic E-state index is 0.0345. The Morgan fingerprint density at radius 2 is 1.54 bits per heavy atom. The Labute approximate surface area is 152 Å². The first-order valence-electron chi connectivity index (χ1n) is 8.15. The van der Waals surface area contributed by atoms with Gasteiger partial charge in [-0.1, -0.05) is 51.1 Å². The molecule has 0 aromatic heterocycles. The monoisotopic (exact) mass is 357 g/mol. The van der Waals surface area contributed by atoms with E-state index in [-0.39, 0.29) is 23.1 Å². The molecule has 2 aromatic rings. The summed E-state index contributed by atoms with van der Waals surface area (Å²) in [5.74, 6) is -1.46. The van der Waals surface area contributed by atoms with Gasteiger partial charge >= 0.3 is 6.09 Å². The Kier molecular flexibility index (Phi) is 5.25. The van der Waals surface area contributed by atoms with E-state index < -0.39 is 23.4 Å². The maximum absolute atomic E-state index is 12.6. The maximum atomic E-state index is 12.6. The van der Waals surface area contributed by atoms with Crippen LogP contribution in [-0.2, 0) is 12.0 Å². The molecule has 0 saturated carbocycles. The number of carbonyl (C=O) groups excluding carboxylic acids is 1. The van der Waals surface area contributed by atoms with E-state index in [4.69, 9.17) is 5.11 Å². The van der Waals surface area contributed by atoms with Crippen molar-refractivity contribution in [1.29, 1.82) is 0 Å². The van der Waals surface area contributed by atoms with Gasteiger partial charge in [0.15, 0.2) is 17.3 Å². The Balaban J connectivity index is 2.32. The largest absolute Gasteiger partial charge is 0.504 e. The smallest absolute Gasteiger partial charge is 0.407 e. The van der Waals surface area contributed by atoms with Gasteiger partial charge in [-0.3, -0.25) is 4.79 Å². The lowest BCUT2D eigenvalue weighted by Gasteiger charge is -2.19. The van der Waals surface area contributed by atoms with Crippen molar-refractivity contribution in [2.45, 2.75) is 32.7 Å². The average molecular weight is 357 g/mol. The third-order valence-corrected chi connectivity index (χ3v) is 4.23. The maximum Gasteiger partial charge on any atom is 0.407 e. The van der Waals surface area contributed by atoms with E-state index >= 15 is 0 Å². The fraction of sp³-hybridized carbons (Fsp3) is 0.300. The van der Waals surface area contributed by atoms with Crippen molar-refractivity contribution in [2.75, 3.05) is 7.05 Å². The average Bonchev–Trinajstić information content (AvgIpc) is 2.57. The lowest BCUT2D eigenvalue weighted by molar-refractivity contribution is 0.103. The van der Waals surface area contributed by atoms with E-state index in [9.17, 15) is 19.8 Å². The topological polar surface area (TPSA) is 98.1 Å². The molecule has 26 heavy (non-hydrogen) atoms. The normalized spacial score (nSPS) is 11.2. The predicted molar refractivity (Wildman–Crippen MR) is 97.8 cm³/mol. The zero-order valence-corrected chi connectivity index (χ0v) is 15.3. The number of carboxylic acid groups (broad SMARTS) is 1. The molecule has 2 aromatic carbocycles. The third kappa shape index (κ3) is 3.96. The van der Waals surface area contributed by atoms with Crippen molar-refractivity contribution in [3.63, 3.8) is 0 Å². The van der Waals surface area contributed by atoms with Crippen molar-refractivity contribution in [3.05, 3.63) is 58.7 Å². The highest BCUT2D eigenvalue weighted by atomic mass is 16.4. The van der Waals surface area contributed by atoms with Crippen molar-refractivity contribution in [3.8, 4) is 11.5 Å². The zero-order valence-electron chi connectivity index (χ0n) is 15.3. The van der Waals surface area contributed by atoms with Gasteiger partial charge in [0.2, 0.25) is 0 Å². The molecule has 0 aliphatic heterocycles.